The van der Waals surface area contributed by atoms with E-state index in [2.05, 4.69) is 0 Å². The molecule has 0 radical (unpaired) electrons. The van der Waals surface area contributed by atoms with Crippen LogP contribution in [0.25, 0.3) is 0 Å². The Bertz CT molecular complexity index is 1850. The summed E-state index contributed by atoms with van der Waals surface area (Å²) in [5.74, 6) is 2.46. The SMILES string of the molecule is COP1(Oc2ccc(C)cc2)=NP(Oc2ccc(C)cc2)(Oc2ccc(C)cc2)=NP(Oc2ccc(C)cc2)(Oc2ccc(C)cc2)=N1. The summed E-state index contributed by atoms with van der Waals surface area (Å²) in [5.41, 5.74) is 5.33. The largest absolute Gasteiger partial charge is 0.460 e. The molecule has 0 aliphatic carbocycles. The molecule has 1 heterocycles. The second kappa shape index (κ2) is 14.1. The van der Waals surface area contributed by atoms with Crippen molar-refractivity contribution in [3.63, 3.8) is 0 Å². The van der Waals surface area contributed by atoms with Crippen molar-refractivity contribution in [3.8, 4) is 28.7 Å². The molecule has 0 fully saturated rings. The Balaban J connectivity index is 1.65. The minimum absolute atomic E-state index is 0.490. The third-order valence-electron chi connectivity index (χ3n) is 7.14. The highest BCUT2D eigenvalue weighted by molar-refractivity contribution is 7.78. The van der Waals surface area contributed by atoms with E-state index < -0.39 is 23.0 Å². The molecule has 1 aliphatic rings. The van der Waals surface area contributed by atoms with Crippen LogP contribution < -0.4 is 22.6 Å². The van der Waals surface area contributed by atoms with Gasteiger partial charge in [-0.05, 0) is 95.3 Å². The maximum Gasteiger partial charge on any atom is 0.460 e. The smallest absolute Gasteiger partial charge is 0.422 e. The lowest BCUT2D eigenvalue weighted by molar-refractivity contribution is 0.379. The van der Waals surface area contributed by atoms with Gasteiger partial charge in [0.1, 0.15) is 28.7 Å². The van der Waals surface area contributed by atoms with Gasteiger partial charge in [-0.2, -0.15) is 0 Å². The number of nitrogens with zero attached hydrogens (tertiary/aromatic N) is 3. The summed E-state index contributed by atoms with van der Waals surface area (Å²) < 4.78 is 55.1. The highest BCUT2D eigenvalue weighted by atomic mass is 31.3. The average Bonchev–Trinajstić information content (AvgIpc) is 3.06. The second-order valence-electron chi connectivity index (χ2n) is 11.4. The van der Waals surface area contributed by atoms with Gasteiger partial charge in [0.05, 0.1) is 0 Å². The third-order valence-corrected chi connectivity index (χ3v) is 15.3. The Kier molecular flexibility index (Phi) is 9.87. The maximum atomic E-state index is 6.75. The fraction of sp³-hybridized carbons (Fsp3) is 0.167. The van der Waals surface area contributed by atoms with Gasteiger partial charge in [0.2, 0.25) is 0 Å². The first-order valence-corrected chi connectivity index (χ1v) is 19.9. The van der Waals surface area contributed by atoms with Gasteiger partial charge in [-0.25, -0.2) is 0 Å². The molecule has 1 atom stereocenters. The molecule has 0 N–H and O–H groups in total. The summed E-state index contributed by atoms with van der Waals surface area (Å²) in [6.45, 7) is 10.0. The minimum Gasteiger partial charge on any atom is -0.422 e. The van der Waals surface area contributed by atoms with Crippen molar-refractivity contribution in [1.82, 2.24) is 0 Å². The van der Waals surface area contributed by atoms with Gasteiger partial charge in [0, 0.05) is 7.11 Å². The number of hydrogen-bond acceptors (Lipinski definition) is 9. The van der Waals surface area contributed by atoms with Crippen molar-refractivity contribution in [2.75, 3.05) is 7.11 Å². The molecule has 0 saturated heterocycles. The number of aryl methyl sites for hydroxylation is 5. The summed E-state index contributed by atoms with van der Waals surface area (Å²) in [6.07, 6.45) is 0. The standard InChI is InChI=1S/C36H38N3O6P3/c1-27-7-17-32(18-8-27)41-46(40-6)37-47(42-33-19-9-28(2)10-20-33,43-34-21-11-29(3)12-22-34)39-48(38-46,44-35-23-13-30(4)14-24-35)45-36-25-15-31(5)16-26-36/h7-26H,1-6H3. The van der Waals surface area contributed by atoms with Gasteiger partial charge in [0.25, 0.3) is 0 Å². The van der Waals surface area contributed by atoms with Crippen LogP contribution >= 0.6 is 23.0 Å². The normalized spacial score (nSPS) is 17.5. The molecular weight excluding hydrogens is 663 g/mol. The Hall–Kier alpha value is -4.25. The summed E-state index contributed by atoms with van der Waals surface area (Å²) in [7, 11) is -9.80. The van der Waals surface area contributed by atoms with Gasteiger partial charge in [0.15, 0.2) is 0 Å². The zero-order valence-corrected chi connectivity index (χ0v) is 30.4. The second-order valence-corrected chi connectivity index (χ2v) is 17.8. The molecule has 0 amide bonds. The predicted molar refractivity (Wildman–Crippen MR) is 194 cm³/mol. The van der Waals surface area contributed by atoms with Crippen molar-refractivity contribution < 1.29 is 27.1 Å². The molecule has 48 heavy (non-hydrogen) atoms. The molecule has 0 bridgehead atoms. The third kappa shape index (κ3) is 8.24. The highest BCUT2D eigenvalue weighted by Gasteiger charge is 2.47. The van der Waals surface area contributed by atoms with Gasteiger partial charge < -0.3 is 27.1 Å². The van der Waals surface area contributed by atoms with Gasteiger partial charge >= 0.3 is 23.0 Å². The van der Waals surface area contributed by atoms with E-state index in [1.807, 2.05) is 156 Å². The van der Waals surface area contributed by atoms with Gasteiger partial charge in [-0.1, -0.05) is 93.0 Å². The molecular formula is C36H38N3O6P3. The lowest BCUT2D eigenvalue weighted by atomic mass is 10.2. The van der Waals surface area contributed by atoms with E-state index in [-0.39, 0.29) is 0 Å². The lowest BCUT2D eigenvalue weighted by Gasteiger charge is -2.32. The maximum absolute atomic E-state index is 6.75. The quantitative estimate of drug-likeness (QED) is 0.127. The van der Waals surface area contributed by atoms with E-state index in [9.17, 15) is 0 Å². The van der Waals surface area contributed by atoms with Crippen LogP contribution in [0.2, 0.25) is 0 Å². The molecule has 9 nitrogen and oxygen atoms in total. The minimum atomic E-state index is -3.81. The average molecular weight is 702 g/mol. The molecule has 248 valence electrons. The fourth-order valence-corrected chi connectivity index (χ4v) is 13.5. The molecule has 5 aromatic carbocycles. The molecule has 6 rings (SSSR count). The van der Waals surface area contributed by atoms with Crippen molar-refractivity contribution in [1.29, 1.82) is 0 Å². The van der Waals surface area contributed by atoms with E-state index in [4.69, 9.17) is 40.7 Å². The van der Waals surface area contributed by atoms with Crippen LogP contribution in [-0.2, 0) is 4.52 Å². The predicted octanol–water partition coefficient (Wildman–Crippen LogP) is 12.4. The van der Waals surface area contributed by atoms with E-state index >= 15 is 0 Å². The van der Waals surface area contributed by atoms with Crippen LogP contribution in [0.3, 0.4) is 0 Å². The number of hydrogen-bond donors (Lipinski definition) is 0. The first kappa shape index (κ1) is 33.6. The molecule has 1 unspecified atom stereocenters. The first-order valence-electron chi connectivity index (χ1n) is 15.3. The lowest BCUT2D eigenvalue weighted by Crippen LogP contribution is -2.09. The molecule has 0 aromatic heterocycles. The highest BCUT2D eigenvalue weighted by Crippen LogP contribution is 2.78. The van der Waals surface area contributed by atoms with Crippen LogP contribution in [0.4, 0.5) is 0 Å². The summed E-state index contributed by atoms with van der Waals surface area (Å²) in [4.78, 5) is 0. The van der Waals surface area contributed by atoms with Crippen molar-refractivity contribution in [2.45, 2.75) is 34.6 Å². The number of benzene rings is 5. The molecule has 0 spiro atoms. The molecule has 5 aromatic rings. The van der Waals surface area contributed by atoms with E-state index in [1.54, 1.807) is 0 Å². The monoisotopic (exact) mass is 701 g/mol. The molecule has 1 aliphatic heterocycles. The summed E-state index contributed by atoms with van der Waals surface area (Å²) >= 11 is 0. The molecule has 12 heteroatoms. The van der Waals surface area contributed by atoms with Crippen LogP contribution in [0.15, 0.2) is 135 Å². The van der Waals surface area contributed by atoms with Crippen molar-refractivity contribution in [2.24, 2.45) is 13.5 Å². The Labute approximate surface area is 282 Å². The van der Waals surface area contributed by atoms with Crippen molar-refractivity contribution >= 4 is 23.0 Å². The van der Waals surface area contributed by atoms with Crippen LogP contribution in [-0.4, -0.2) is 7.11 Å². The number of rotatable bonds is 11. The topological polar surface area (TPSA) is 92.5 Å². The van der Waals surface area contributed by atoms with Crippen LogP contribution in [0, 0.1) is 34.6 Å². The molecule has 0 saturated carbocycles. The summed E-state index contributed by atoms with van der Waals surface area (Å²) in [5, 5.41) is 0. The zero-order valence-electron chi connectivity index (χ0n) is 27.7. The fourth-order valence-electron chi connectivity index (χ4n) is 4.49. The van der Waals surface area contributed by atoms with E-state index in [1.165, 1.54) is 7.11 Å². The zero-order chi connectivity index (χ0) is 33.8. The van der Waals surface area contributed by atoms with E-state index in [0.717, 1.165) is 27.8 Å². The van der Waals surface area contributed by atoms with Gasteiger partial charge in [-0.15, -0.1) is 9.03 Å². The Morgan fingerprint density at radius 3 is 0.729 bits per heavy atom. The van der Waals surface area contributed by atoms with Gasteiger partial charge in [-0.3, -0.25) is 0 Å². The van der Waals surface area contributed by atoms with Crippen LogP contribution in [0.1, 0.15) is 27.8 Å². The Morgan fingerprint density at radius 2 is 0.500 bits per heavy atom. The van der Waals surface area contributed by atoms with Crippen LogP contribution in [0.5, 0.6) is 28.7 Å². The Morgan fingerprint density at radius 1 is 0.312 bits per heavy atom. The van der Waals surface area contributed by atoms with E-state index in [0.29, 0.717) is 28.7 Å². The summed E-state index contributed by atoms with van der Waals surface area (Å²) in [6, 6.07) is 37.9. The van der Waals surface area contributed by atoms with Crippen molar-refractivity contribution in [3.05, 3.63) is 149 Å². The first-order chi connectivity index (χ1) is 23.0.